The Morgan fingerprint density at radius 2 is 1.06 bits per heavy atom. The van der Waals surface area contributed by atoms with Crippen LogP contribution >= 0.6 is 12.4 Å². The third-order valence-electron chi connectivity index (χ3n) is 9.71. The first-order valence-corrected chi connectivity index (χ1v) is 21.0. The summed E-state index contributed by atoms with van der Waals surface area (Å²) >= 11 is 0. The molecule has 19 nitrogen and oxygen atoms in total. The molecule has 0 radical (unpaired) electrons. The summed E-state index contributed by atoms with van der Waals surface area (Å²) in [6.45, 7) is 6.52. The quantitative estimate of drug-likeness (QED) is 0.0516. The number of hydrogen-bond donors (Lipinski definition) is 7. The molecule has 20 heteroatoms. The minimum atomic E-state index is -0.875. The Kier molecular flexibility index (Phi) is 18.6. The molecule has 8 N–H and O–H groups in total. The highest BCUT2D eigenvalue weighted by atomic mass is 35.5. The molecule has 4 aromatic carbocycles. The molecule has 0 aliphatic heterocycles. The lowest BCUT2D eigenvalue weighted by atomic mass is 10.1. The summed E-state index contributed by atoms with van der Waals surface area (Å²) in [5.74, 6) is 2.17. The summed E-state index contributed by atoms with van der Waals surface area (Å²) in [4.78, 5) is 54.3. The van der Waals surface area contributed by atoms with E-state index in [0.29, 0.717) is 78.3 Å². The first kappa shape index (κ1) is 49.2. The second-order valence-electron chi connectivity index (χ2n) is 14.7. The van der Waals surface area contributed by atoms with E-state index in [1.807, 2.05) is 98.8 Å². The number of carbonyl (C=O) groups is 2. The lowest BCUT2D eigenvalue weighted by Gasteiger charge is -2.08. The Balaban J connectivity index is 0.000000203. The Hall–Kier alpha value is -7.77. The number of nitrogens with zero attached hydrogens (tertiary/aromatic N) is 6. The van der Waals surface area contributed by atoms with Gasteiger partial charge in [-0.05, 0) is 45.4 Å². The third kappa shape index (κ3) is 14.4. The second-order valence-corrected chi connectivity index (χ2v) is 14.7. The standard InChI is InChI=1S/C23H24N6O3.C12H12N2O3.C11H14N4O.ClH/c1-15-7-9-16(10-8-15)21-26-20(32-29-21)12-11-19(30)24-13-4-14-25-22-17-5-2-3-6-18(17)23(31)28-27-22;1-8-2-4-9(5-3-8)12-13-10(17-14-12)6-7-11(15)16;12-6-3-7-13-10-8-4-1-2-5-9(8)11(16)15-14-10;/h2-3,5-10H,4,11-14H2,1H3,(H,24,30)(H,25,27)(H,28,31);2-5H,6-7H2,1H3,(H,15,16);1-2,4-5H,3,6-7,12H2,(H,13,14)(H,15,16);1H. The Morgan fingerprint density at radius 3 is 1.52 bits per heavy atom. The maximum atomic E-state index is 12.1. The fourth-order valence-electron chi connectivity index (χ4n) is 6.21. The van der Waals surface area contributed by atoms with E-state index in [9.17, 15) is 19.2 Å². The summed E-state index contributed by atoms with van der Waals surface area (Å²) < 4.78 is 10.2. The van der Waals surface area contributed by atoms with Crippen molar-refractivity contribution in [2.75, 3.05) is 36.8 Å². The molecule has 0 unspecified atom stereocenters. The molecule has 4 aromatic heterocycles. The number of aryl methyl sites for hydroxylation is 4. The van der Waals surface area contributed by atoms with Gasteiger partial charge in [0.25, 0.3) is 11.1 Å². The SMILES string of the molecule is Cc1ccc(-c2noc(CCC(=O)NCCCNc3n[nH]c(=O)c4ccccc34)n2)cc1.Cc1ccc(-c2noc(CCC(=O)O)n2)cc1.Cl.NCCCNc1n[nH]c(=O)c2ccccc12. The average Bonchev–Trinajstić information content (AvgIpc) is 4.01. The van der Waals surface area contributed by atoms with E-state index in [1.54, 1.807) is 12.1 Å². The number of aliphatic carboxylic acids is 1. The molecule has 0 aliphatic carbocycles. The van der Waals surface area contributed by atoms with Crippen LogP contribution in [0.3, 0.4) is 0 Å². The number of aromatic amines is 2. The number of hydrogen-bond acceptors (Lipinski definition) is 15. The van der Waals surface area contributed by atoms with Crippen molar-refractivity contribution in [1.29, 1.82) is 0 Å². The molecule has 0 fully saturated rings. The maximum absolute atomic E-state index is 12.1. The molecule has 8 aromatic rings. The third-order valence-corrected chi connectivity index (χ3v) is 9.71. The number of nitrogens with two attached hydrogens (primary N) is 1. The average molecular weight is 919 g/mol. The number of carboxylic acids is 1. The largest absolute Gasteiger partial charge is 0.481 e. The van der Waals surface area contributed by atoms with E-state index in [-0.39, 0.29) is 48.7 Å². The number of halogens is 1. The normalized spacial score (nSPS) is 10.5. The predicted octanol–water partition coefficient (Wildman–Crippen LogP) is 6.00. The monoisotopic (exact) mass is 918 g/mol. The van der Waals surface area contributed by atoms with Gasteiger partial charge in [0.1, 0.15) is 0 Å². The fourth-order valence-corrected chi connectivity index (χ4v) is 6.21. The van der Waals surface area contributed by atoms with Crippen LogP contribution in [0.25, 0.3) is 44.3 Å². The molecule has 0 bridgehead atoms. The number of carboxylic acid groups (broad SMARTS) is 1. The summed E-state index contributed by atoms with van der Waals surface area (Å²) in [5.41, 5.74) is 9.09. The molecule has 8 rings (SSSR count). The van der Waals surface area contributed by atoms with Crippen molar-refractivity contribution < 1.29 is 23.7 Å². The summed E-state index contributed by atoms with van der Waals surface area (Å²) in [7, 11) is 0. The summed E-state index contributed by atoms with van der Waals surface area (Å²) in [6, 6.07) is 30.3. The fraction of sp³-hybridized carbons (Fsp3) is 0.261. The smallest absolute Gasteiger partial charge is 0.303 e. The molecule has 344 valence electrons. The molecule has 0 atom stereocenters. The van der Waals surface area contributed by atoms with Gasteiger partial charge in [-0.1, -0.05) is 106 Å². The van der Waals surface area contributed by atoms with Crippen LogP contribution in [0.5, 0.6) is 0 Å². The number of carbonyl (C=O) groups excluding carboxylic acids is 1. The van der Waals surface area contributed by atoms with Gasteiger partial charge >= 0.3 is 5.97 Å². The second kappa shape index (κ2) is 24.9. The Morgan fingerprint density at radius 1 is 0.621 bits per heavy atom. The van der Waals surface area contributed by atoms with Gasteiger partial charge in [0.2, 0.25) is 29.3 Å². The van der Waals surface area contributed by atoms with Crippen molar-refractivity contribution >= 4 is 57.5 Å². The topological polar surface area (TPSA) is 286 Å². The number of H-pyrrole nitrogens is 2. The molecule has 4 heterocycles. The number of rotatable bonds is 17. The molecule has 0 aliphatic rings. The number of aromatic nitrogens is 8. The van der Waals surface area contributed by atoms with Gasteiger partial charge in [0.05, 0.1) is 17.2 Å². The van der Waals surface area contributed by atoms with Crippen molar-refractivity contribution in [3.8, 4) is 22.8 Å². The van der Waals surface area contributed by atoms with Crippen LogP contribution in [0.15, 0.2) is 116 Å². The Labute approximate surface area is 384 Å². The Bertz CT molecular complexity index is 2920. The van der Waals surface area contributed by atoms with Crippen molar-refractivity contribution in [3.05, 3.63) is 141 Å². The van der Waals surface area contributed by atoms with Gasteiger partial charge < -0.3 is 35.8 Å². The van der Waals surface area contributed by atoms with Gasteiger partial charge in [-0.25, -0.2) is 10.2 Å². The predicted molar refractivity (Wildman–Crippen MR) is 253 cm³/mol. The van der Waals surface area contributed by atoms with Crippen LogP contribution in [0.4, 0.5) is 11.6 Å². The first-order chi connectivity index (χ1) is 31.6. The van der Waals surface area contributed by atoms with Crippen molar-refractivity contribution in [1.82, 2.24) is 46.0 Å². The van der Waals surface area contributed by atoms with E-state index in [1.165, 1.54) is 0 Å². The molecule has 1 amide bonds. The highest BCUT2D eigenvalue weighted by molar-refractivity contribution is 5.91. The summed E-state index contributed by atoms with van der Waals surface area (Å²) in [6.07, 6.45) is 2.49. The number of anilines is 2. The van der Waals surface area contributed by atoms with Gasteiger partial charge in [-0.2, -0.15) is 20.2 Å². The molecular formula is C46H51ClN12O7. The van der Waals surface area contributed by atoms with Crippen molar-refractivity contribution in [2.24, 2.45) is 5.73 Å². The van der Waals surface area contributed by atoms with Gasteiger partial charge in [-0.3, -0.25) is 19.2 Å². The minimum absolute atomic E-state index is 0. The number of amides is 1. The van der Waals surface area contributed by atoms with Crippen LogP contribution in [0, 0.1) is 13.8 Å². The molecule has 0 spiro atoms. The van der Waals surface area contributed by atoms with Crippen LogP contribution in [0.1, 0.15) is 48.6 Å². The molecule has 0 saturated carbocycles. The van der Waals surface area contributed by atoms with Gasteiger partial charge in [-0.15, -0.1) is 12.4 Å². The lowest BCUT2D eigenvalue weighted by Crippen LogP contribution is -2.26. The minimum Gasteiger partial charge on any atom is -0.481 e. The van der Waals surface area contributed by atoms with Crippen LogP contribution in [-0.2, 0) is 22.4 Å². The van der Waals surface area contributed by atoms with Crippen LogP contribution < -0.4 is 32.8 Å². The van der Waals surface area contributed by atoms with Crippen LogP contribution in [0.2, 0.25) is 0 Å². The molecule has 66 heavy (non-hydrogen) atoms. The molecular weight excluding hydrogens is 868 g/mol. The van der Waals surface area contributed by atoms with E-state index in [0.717, 1.165) is 46.0 Å². The summed E-state index contributed by atoms with van der Waals surface area (Å²) in [5, 5.41) is 41.4. The van der Waals surface area contributed by atoms with E-state index >= 15 is 0 Å². The maximum Gasteiger partial charge on any atom is 0.303 e. The highest BCUT2D eigenvalue weighted by Crippen LogP contribution is 2.20. The number of benzene rings is 4. The zero-order chi connectivity index (χ0) is 46.0. The van der Waals surface area contributed by atoms with E-state index in [2.05, 4.69) is 56.6 Å². The van der Waals surface area contributed by atoms with Crippen LogP contribution in [-0.4, -0.2) is 83.8 Å². The number of fused-ring (bicyclic) bond motifs is 2. The molecule has 0 saturated heterocycles. The van der Waals surface area contributed by atoms with E-state index in [4.69, 9.17) is 19.9 Å². The zero-order valence-electron chi connectivity index (χ0n) is 36.4. The zero-order valence-corrected chi connectivity index (χ0v) is 37.2. The number of nitrogens with one attached hydrogen (secondary N) is 5. The van der Waals surface area contributed by atoms with Crippen molar-refractivity contribution in [3.63, 3.8) is 0 Å². The first-order valence-electron chi connectivity index (χ1n) is 21.0. The highest BCUT2D eigenvalue weighted by Gasteiger charge is 2.12. The van der Waals surface area contributed by atoms with Crippen molar-refractivity contribution in [2.45, 2.75) is 52.4 Å². The van der Waals surface area contributed by atoms with Gasteiger partial charge in [0.15, 0.2) is 11.6 Å². The van der Waals surface area contributed by atoms with Gasteiger partial charge in [0, 0.05) is 60.8 Å². The van der Waals surface area contributed by atoms with E-state index < -0.39 is 5.97 Å². The lowest BCUT2D eigenvalue weighted by molar-refractivity contribution is -0.137.